The highest BCUT2D eigenvalue weighted by Crippen LogP contribution is 2.76. The van der Waals surface area contributed by atoms with Crippen LogP contribution >= 0.6 is 0 Å². The van der Waals surface area contributed by atoms with E-state index in [2.05, 4.69) is 75.4 Å². The van der Waals surface area contributed by atoms with Crippen molar-refractivity contribution in [1.29, 1.82) is 0 Å². The number of ether oxygens (including phenoxy) is 2. The predicted molar refractivity (Wildman–Crippen MR) is 133 cm³/mol. The Balaban J connectivity index is 1.37. The SMILES string of the molecule is CCCCCCCCCCC1([C]2CC2(C)Oc2ccccc2)CC1(C)Oc1ccccc1. The molecule has 2 aromatic rings. The first-order valence-corrected chi connectivity index (χ1v) is 12.9. The fraction of sp³-hybridized carbons (Fsp3) is 0.567. The van der Waals surface area contributed by atoms with Crippen LogP contribution in [0.3, 0.4) is 0 Å². The van der Waals surface area contributed by atoms with Gasteiger partial charge in [0, 0.05) is 11.3 Å². The molecule has 2 aromatic carbocycles. The number of hydrogen-bond acceptors (Lipinski definition) is 2. The zero-order valence-corrected chi connectivity index (χ0v) is 20.4. The summed E-state index contributed by atoms with van der Waals surface area (Å²) in [5.74, 6) is 3.52. The Morgan fingerprint density at radius 2 is 1.22 bits per heavy atom. The van der Waals surface area contributed by atoms with Crippen LogP contribution in [0, 0.1) is 11.3 Å². The maximum atomic E-state index is 6.62. The zero-order chi connectivity index (χ0) is 22.5. The van der Waals surface area contributed by atoms with Gasteiger partial charge in [0.2, 0.25) is 0 Å². The van der Waals surface area contributed by atoms with E-state index in [1.54, 1.807) is 5.92 Å². The molecule has 2 heteroatoms. The van der Waals surface area contributed by atoms with E-state index in [9.17, 15) is 0 Å². The molecule has 3 atom stereocenters. The normalized spacial score (nSPS) is 29.0. The molecule has 0 saturated heterocycles. The smallest absolute Gasteiger partial charge is 0.120 e. The third kappa shape index (κ3) is 5.16. The van der Waals surface area contributed by atoms with Crippen LogP contribution in [0.25, 0.3) is 0 Å². The Labute approximate surface area is 195 Å². The molecule has 2 aliphatic rings. The molecule has 2 saturated carbocycles. The highest BCUT2D eigenvalue weighted by Gasteiger charge is 2.79. The molecule has 4 rings (SSSR count). The standard InChI is InChI=1S/C30H41O2/c1-4-5-6-7-8-9-10-17-22-30(24-29(30,3)32-26-20-15-12-16-21-26)27-23-28(27,2)31-25-18-13-11-14-19-25/h11-16,18-21H,4-10,17,22-24H2,1-3H3. The summed E-state index contributed by atoms with van der Waals surface area (Å²) in [6, 6.07) is 20.6. The summed E-state index contributed by atoms with van der Waals surface area (Å²) < 4.78 is 13.1. The molecular formula is C30H41O2. The second-order valence-electron chi connectivity index (χ2n) is 10.4. The van der Waals surface area contributed by atoms with Gasteiger partial charge in [0.1, 0.15) is 22.7 Å². The van der Waals surface area contributed by atoms with Crippen LogP contribution in [-0.4, -0.2) is 11.2 Å². The zero-order valence-electron chi connectivity index (χ0n) is 20.4. The van der Waals surface area contributed by atoms with E-state index in [0.717, 1.165) is 24.3 Å². The van der Waals surface area contributed by atoms with Crippen molar-refractivity contribution in [2.45, 2.75) is 103 Å². The van der Waals surface area contributed by atoms with Gasteiger partial charge in [0.25, 0.3) is 0 Å². The largest absolute Gasteiger partial charge is 0.487 e. The van der Waals surface area contributed by atoms with Gasteiger partial charge in [-0.15, -0.1) is 0 Å². The highest BCUT2D eigenvalue weighted by atomic mass is 16.5. The first kappa shape index (κ1) is 23.2. The Bertz CT molecular complexity index is 834. The van der Waals surface area contributed by atoms with E-state index < -0.39 is 0 Å². The van der Waals surface area contributed by atoms with Crippen LogP contribution in [0.1, 0.15) is 91.4 Å². The van der Waals surface area contributed by atoms with Crippen molar-refractivity contribution < 1.29 is 9.47 Å². The van der Waals surface area contributed by atoms with Gasteiger partial charge in [-0.1, -0.05) is 94.7 Å². The Morgan fingerprint density at radius 3 is 1.81 bits per heavy atom. The first-order valence-electron chi connectivity index (χ1n) is 12.9. The number of unbranched alkanes of at least 4 members (excludes halogenated alkanes) is 7. The van der Waals surface area contributed by atoms with Gasteiger partial charge in [-0.25, -0.2) is 0 Å². The summed E-state index contributed by atoms with van der Waals surface area (Å²) in [4.78, 5) is 0. The molecular weight excluding hydrogens is 392 g/mol. The topological polar surface area (TPSA) is 18.5 Å². The number of para-hydroxylation sites is 2. The molecule has 32 heavy (non-hydrogen) atoms. The van der Waals surface area contributed by atoms with Crippen molar-refractivity contribution in [3.63, 3.8) is 0 Å². The summed E-state index contributed by atoms with van der Waals surface area (Å²) in [7, 11) is 0. The van der Waals surface area contributed by atoms with Gasteiger partial charge < -0.3 is 9.47 Å². The minimum atomic E-state index is -0.153. The number of rotatable bonds is 14. The van der Waals surface area contributed by atoms with E-state index in [1.807, 2.05) is 6.07 Å². The van der Waals surface area contributed by atoms with Crippen LogP contribution in [0.4, 0.5) is 0 Å². The molecule has 0 spiro atoms. The van der Waals surface area contributed by atoms with Crippen LogP contribution < -0.4 is 9.47 Å². The quantitative estimate of drug-likeness (QED) is 0.278. The van der Waals surface area contributed by atoms with Crippen molar-refractivity contribution in [3.8, 4) is 11.5 Å². The lowest BCUT2D eigenvalue weighted by molar-refractivity contribution is 0.132. The average molecular weight is 434 g/mol. The van der Waals surface area contributed by atoms with Crippen LogP contribution in [0.15, 0.2) is 60.7 Å². The molecule has 2 fully saturated rings. The lowest BCUT2D eigenvalue weighted by Gasteiger charge is -2.26. The minimum Gasteiger partial charge on any atom is -0.487 e. The molecule has 0 aliphatic heterocycles. The van der Waals surface area contributed by atoms with Gasteiger partial charge in [-0.2, -0.15) is 0 Å². The average Bonchev–Trinajstić information content (AvgIpc) is 3.64. The lowest BCUT2D eigenvalue weighted by atomic mass is 9.87. The Hall–Kier alpha value is -1.96. The third-order valence-electron chi connectivity index (χ3n) is 7.76. The summed E-state index contributed by atoms with van der Waals surface area (Å²) in [5, 5.41) is 0. The second-order valence-corrected chi connectivity index (χ2v) is 10.4. The van der Waals surface area contributed by atoms with Crippen molar-refractivity contribution in [2.24, 2.45) is 5.41 Å². The van der Waals surface area contributed by atoms with Crippen molar-refractivity contribution in [2.75, 3.05) is 0 Å². The molecule has 0 bridgehead atoms. The van der Waals surface area contributed by atoms with Gasteiger partial charge in [-0.3, -0.25) is 0 Å². The first-order chi connectivity index (χ1) is 15.5. The fourth-order valence-electron chi connectivity index (χ4n) is 5.72. The van der Waals surface area contributed by atoms with Crippen LogP contribution in [-0.2, 0) is 0 Å². The van der Waals surface area contributed by atoms with E-state index in [0.29, 0.717) is 0 Å². The van der Waals surface area contributed by atoms with Crippen molar-refractivity contribution in [3.05, 3.63) is 66.6 Å². The number of hydrogen-bond donors (Lipinski definition) is 0. The molecule has 173 valence electrons. The maximum absolute atomic E-state index is 6.62. The Kier molecular flexibility index (Phi) is 7.17. The molecule has 2 nitrogen and oxygen atoms in total. The van der Waals surface area contributed by atoms with E-state index >= 15 is 0 Å². The number of benzene rings is 2. The third-order valence-corrected chi connectivity index (χ3v) is 7.76. The Morgan fingerprint density at radius 1 is 0.688 bits per heavy atom. The van der Waals surface area contributed by atoms with E-state index in [-0.39, 0.29) is 16.6 Å². The van der Waals surface area contributed by atoms with Gasteiger partial charge >= 0.3 is 0 Å². The maximum Gasteiger partial charge on any atom is 0.120 e. The van der Waals surface area contributed by atoms with Crippen LogP contribution in [0.2, 0.25) is 0 Å². The molecule has 0 N–H and O–H groups in total. The molecule has 0 amide bonds. The van der Waals surface area contributed by atoms with Gasteiger partial charge in [0.05, 0.1) is 0 Å². The lowest BCUT2D eigenvalue weighted by Crippen LogP contribution is -2.29. The summed E-state index contributed by atoms with van der Waals surface area (Å²) >= 11 is 0. The van der Waals surface area contributed by atoms with Crippen molar-refractivity contribution >= 4 is 0 Å². The molecule has 0 heterocycles. The molecule has 3 unspecified atom stereocenters. The van der Waals surface area contributed by atoms with E-state index in [1.165, 1.54) is 57.8 Å². The van der Waals surface area contributed by atoms with Gasteiger partial charge in [0.15, 0.2) is 0 Å². The van der Waals surface area contributed by atoms with Crippen LogP contribution in [0.5, 0.6) is 11.5 Å². The summed E-state index contributed by atoms with van der Waals surface area (Å²) in [6.07, 6.45) is 14.2. The summed E-state index contributed by atoms with van der Waals surface area (Å²) in [6.45, 7) is 6.87. The van der Waals surface area contributed by atoms with Crippen molar-refractivity contribution in [1.82, 2.24) is 0 Å². The molecule has 0 aromatic heterocycles. The van der Waals surface area contributed by atoms with Gasteiger partial charge in [-0.05, 0) is 57.4 Å². The fourth-order valence-corrected chi connectivity index (χ4v) is 5.72. The monoisotopic (exact) mass is 433 g/mol. The summed E-state index contributed by atoms with van der Waals surface area (Å²) in [5.41, 5.74) is -0.128. The molecule has 2 aliphatic carbocycles. The molecule has 1 radical (unpaired) electrons. The predicted octanol–water partition coefficient (Wildman–Crippen LogP) is 8.56. The van der Waals surface area contributed by atoms with E-state index in [4.69, 9.17) is 9.47 Å². The minimum absolute atomic E-state index is 0.122. The highest BCUT2D eigenvalue weighted by molar-refractivity contribution is 5.46. The second kappa shape index (κ2) is 9.89.